The molecule has 102 valence electrons. The number of benzene rings is 2. The Morgan fingerprint density at radius 1 is 0.950 bits per heavy atom. The highest BCUT2D eigenvalue weighted by atomic mass is 32.2. The SMILES string of the molecule is C=CCC(C=CCSc1ccccc1)c1ccccc1. The zero-order valence-corrected chi connectivity index (χ0v) is 12.4. The number of hydrogen-bond acceptors (Lipinski definition) is 1. The zero-order chi connectivity index (χ0) is 14.0. The van der Waals surface area contributed by atoms with Crippen molar-refractivity contribution >= 4 is 11.8 Å². The monoisotopic (exact) mass is 280 g/mol. The fourth-order valence-corrected chi connectivity index (χ4v) is 2.84. The highest BCUT2D eigenvalue weighted by Gasteiger charge is 2.04. The van der Waals surface area contributed by atoms with Gasteiger partial charge < -0.3 is 0 Å². The van der Waals surface area contributed by atoms with Gasteiger partial charge in [0.1, 0.15) is 0 Å². The second-order valence-electron chi connectivity index (χ2n) is 4.59. The minimum absolute atomic E-state index is 0.435. The van der Waals surface area contributed by atoms with Gasteiger partial charge in [0.15, 0.2) is 0 Å². The summed E-state index contributed by atoms with van der Waals surface area (Å²) in [5.41, 5.74) is 1.35. The van der Waals surface area contributed by atoms with E-state index in [-0.39, 0.29) is 0 Å². The Kier molecular flexibility index (Phi) is 6.19. The van der Waals surface area contributed by atoms with Gasteiger partial charge in [0, 0.05) is 16.6 Å². The highest BCUT2D eigenvalue weighted by molar-refractivity contribution is 7.99. The average Bonchev–Trinajstić information content (AvgIpc) is 2.52. The van der Waals surface area contributed by atoms with E-state index < -0.39 is 0 Å². The summed E-state index contributed by atoms with van der Waals surface area (Å²) in [6.45, 7) is 3.86. The van der Waals surface area contributed by atoms with Crippen LogP contribution in [-0.2, 0) is 0 Å². The third-order valence-electron chi connectivity index (χ3n) is 3.11. The van der Waals surface area contributed by atoms with Gasteiger partial charge >= 0.3 is 0 Å². The van der Waals surface area contributed by atoms with Crippen LogP contribution in [0.4, 0.5) is 0 Å². The summed E-state index contributed by atoms with van der Waals surface area (Å²) in [6.07, 6.45) is 7.54. The smallest absolute Gasteiger partial charge is 0.0161 e. The highest BCUT2D eigenvalue weighted by Crippen LogP contribution is 2.23. The van der Waals surface area contributed by atoms with E-state index in [1.165, 1.54) is 10.5 Å². The Labute approximate surface area is 126 Å². The maximum absolute atomic E-state index is 3.86. The third-order valence-corrected chi connectivity index (χ3v) is 4.07. The summed E-state index contributed by atoms with van der Waals surface area (Å²) < 4.78 is 0. The van der Waals surface area contributed by atoms with Gasteiger partial charge in [-0.1, -0.05) is 66.8 Å². The van der Waals surface area contributed by atoms with E-state index in [9.17, 15) is 0 Å². The number of hydrogen-bond donors (Lipinski definition) is 0. The van der Waals surface area contributed by atoms with E-state index in [0.717, 1.165) is 12.2 Å². The standard InChI is InChI=1S/C19H20S/c1-2-10-17(18-11-5-3-6-12-18)13-9-16-20-19-14-7-4-8-15-19/h2-9,11-15,17H,1,10,16H2. The van der Waals surface area contributed by atoms with Crippen molar-refractivity contribution in [3.05, 3.63) is 91.0 Å². The summed E-state index contributed by atoms with van der Waals surface area (Å²) in [7, 11) is 0. The average molecular weight is 280 g/mol. The molecule has 0 N–H and O–H groups in total. The lowest BCUT2D eigenvalue weighted by Crippen LogP contribution is -1.93. The molecule has 1 heteroatoms. The molecule has 0 aliphatic heterocycles. The summed E-state index contributed by atoms with van der Waals surface area (Å²) in [5.74, 6) is 1.44. The molecular weight excluding hydrogens is 260 g/mol. The molecule has 0 spiro atoms. The molecule has 0 aromatic heterocycles. The van der Waals surface area contributed by atoms with Gasteiger partial charge in [0.05, 0.1) is 0 Å². The van der Waals surface area contributed by atoms with Crippen LogP contribution < -0.4 is 0 Å². The maximum atomic E-state index is 3.86. The van der Waals surface area contributed by atoms with E-state index in [4.69, 9.17) is 0 Å². The molecular formula is C19H20S. The number of thioether (sulfide) groups is 1. The Hall–Kier alpha value is -1.73. The van der Waals surface area contributed by atoms with Crippen molar-refractivity contribution in [2.45, 2.75) is 17.2 Å². The van der Waals surface area contributed by atoms with E-state index in [0.29, 0.717) is 5.92 Å². The van der Waals surface area contributed by atoms with Gasteiger partial charge in [0.25, 0.3) is 0 Å². The van der Waals surface area contributed by atoms with Gasteiger partial charge in [-0.2, -0.15) is 0 Å². The third kappa shape index (κ3) is 4.75. The second kappa shape index (κ2) is 8.44. The number of rotatable bonds is 7. The summed E-state index contributed by atoms with van der Waals surface area (Å²) in [4.78, 5) is 1.32. The first kappa shape index (κ1) is 14.7. The predicted octanol–water partition coefficient (Wildman–Crippen LogP) is 5.69. The second-order valence-corrected chi connectivity index (χ2v) is 5.69. The van der Waals surface area contributed by atoms with Crippen molar-refractivity contribution in [1.82, 2.24) is 0 Å². The van der Waals surface area contributed by atoms with Crippen molar-refractivity contribution in [3.8, 4) is 0 Å². The molecule has 2 rings (SSSR count). The molecule has 2 aromatic rings. The van der Waals surface area contributed by atoms with Crippen LogP contribution in [0, 0.1) is 0 Å². The Morgan fingerprint density at radius 2 is 1.60 bits per heavy atom. The Balaban J connectivity index is 1.91. The van der Waals surface area contributed by atoms with Crippen LogP contribution in [0.2, 0.25) is 0 Å². The first-order chi connectivity index (χ1) is 9.90. The van der Waals surface area contributed by atoms with Crippen molar-refractivity contribution in [1.29, 1.82) is 0 Å². The lowest BCUT2D eigenvalue weighted by molar-refractivity contribution is 0.864. The van der Waals surface area contributed by atoms with Crippen LogP contribution in [0.25, 0.3) is 0 Å². The van der Waals surface area contributed by atoms with Gasteiger partial charge in [-0.25, -0.2) is 0 Å². The minimum atomic E-state index is 0.435. The normalized spacial score (nSPS) is 12.4. The molecule has 0 aliphatic rings. The summed E-state index contributed by atoms with van der Waals surface area (Å²) in [5, 5.41) is 0. The van der Waals surface area contributed by atoms with E-state index in [1.54, 1.807) is 0 Å². The largest absolute Gasteiger partial charge is 0.122 e. The molecule has 2 aromatic carbocycles. The number of allylic oxidation sites excluding steroid dienone is 2. The Morgan fingerprint density at radius 3 is 2.25 bits per heavy atom. The van der Waals surface area contributed by atoms with Crippen LogP contribution in [0.3, 0.4) is 0 Å². The predicted molar refractivity (Wildman–Crippen MR) is 90.3 cm³/mol. The van der Waals surface area contributed by atoms with Gasteiger partial charge in [-0.3, -0.25) is 0 Å². The lowest BCUT2D eigenvalue weighted by atomic mass is 9.95. The van der Waals surface area contributed by atoms with Crippen LogP contribution >= 0.6 is 11.8 Å². The molecule has 0 fully saturated rings. The lowest BCUT2D eigenvalue weighted by Gasteiger charge is -2.10. The van der Waals surface area contributed by atoms with Gasteiger partial charge in [-0.05, 0) is 24.1 Å². The molecule has 1 unspecified atom stereocenters. The molecule has 0 bridgehead atoms. The van der Waals surface area contributed by atoms with Crippen LogP contribution in [-0.4, -0.2) is 5.75 Å². The quantitative estimate of drug-likeness (QED) is 0.463. The molecule has 0 amide bonds. The zero-order valence-electron chi connectivity index (χ0n) is 11.6. The fourth-order valence-electron chi connectivity index (χ4n) is 2.09. The van der Waals surface area contributed by atoms with Gasteiger partial charge in [0.2, 0.25) is 0 Å². The molecule has 1 atom stereocenters. The van der Waals surface area contributed by atoms with E-state index in [2.05, 4.69) is 79.4 Å². The van der Waals surface area contributed by atoms with Crippen molar-refractivity contribution in [2.24, 2.45) is 0 Å². The summed E-state index contributed by atoms with van der Waals surface area (Å²) in [6, 6.07) is 21.1. The Bertz CT molecular complexity index is 528. The van der Waals surface area contributed by atoms with E-state index >= 15 is 0 Å². The van der Waals surface area contributed by atoms with Gasteiger partial charge in [-0.15, -0.1) is 18.3 Å². The molecule has 20 heavy (non-hydrogen) atoms. The molecule has 0 aliphatic carbocycles. The topological polar surface area (TPSA) is 0 Å². The van der Waals surface area contributed by atoms with Crippen molar-refractivity contribution in [2.75, 3.05) is 5.75 Å². The molecule has 0 saturated heterocycles. The molecule has 0 radical (unpaired) electrons. The minimum Gasteiger partial charge on any atom is -0.122 e. The van der Waals surface area contributed by atoms with E-state index in [1.807, 2.05) is 17.8 Å². The van der Waals surface area contributed by atoms with Crippen LogP contribution in [0.1, 0.15) is 17.9 Å². The molecule has 0 nitrogen and oxygen atoms in total. The summed E-state index contributed by atoms with van der Waals surface area (Å²) >= 11 is 1.86. The fraction of sp³-hybridized carbons (Fsp3) is 0.158. The van der Waals surface area contributed by atoms with Crippen molar-refractivity contribution in [3.63, 3.8) is 0 Å². The van der Waals surface area contributed by atoms with Crippen molar-refractivity contribution < 1.29 is 0 Å². The molecule has 0 heterocycles. The molecule has 0 saturated carbocycles. The maximum Gasteiger partial charge on any atom is 0.0161 e. The van der Waals surface area contributed by atoms with Crippen LogP contribution in [0.5, 0.6) is 0 Å². The van der Waals surface area contributed by atoms with Crippen LogP contribution in [0.15, 0.2) is 90.4 Å². The first-order valence-corrected chi connectivity index (χ1v) is 7.89. The first-order valence-electron chi connectivity index (χ1n) is 6.90.